The largest absolute Gasteiger partial charge is 0.488 e. The molecule has 0 aliphatic heterocycles. The van der Waals surface area contributed by atoms with Crippen LogP contribution in [-0.2, 0) is 24.9 Å². The van der Waals surface area contributed by atoms with Crippen molar-refractivity contribution >= 4 is 57.1 Å². The van der Waals surface area contributed by atoms with Gasteiger partial charge in [0.2, 0.25) is 0 Å². The summed E-state index contributed by atoms with van der Waals surface area (Å²) in [6.07, 6.45) is 1.56. The normalized spacial score (nSPS) is 11.1. The molecule has 0 spiro atoms. The number of nitrogens with zero attached hydrogens (tertiary/aromatic N) is 2. The summed E-state index contributed by atoms with van der Waals surface area (Å²) in [5, 5.41) is 18.8. The second-order valence-corrected chi connectivity index (χ2v) is 9.01. The van der Waals surface area contributed by atoms with E-state index in [9.17, 15) is 14.8 Å². The standard InChI is InChI=1S/C23H19BBrClFN3O4/c1-30-12-28-22-20(30)10-18(17(21(22)27)8-14-4-7-16(25)9-19(14)26)23(31)29-34-11-13-2-5-15(6-3-13)24(32)33/h2-7,9-10,12,32-33H,8,11H2,1H3,(H,29,31). The molecule has 0 unspecified atom stereocenters. The molecule has 7 nitrogen and oxygen atoms in total. The van der Waals surface area contributed by atoms with E-state index < -0.39 is 18.8 Å². The molecule has 0 bridgehead atoms. The number of hydrogen-bond donors (Lipinski definition) is 3. The highest BCUT2D eigenvalue weighted by molar-refractivity contribution is 9.10. The van der Waals surface area contributed by atoms with Crippen LogP contribution in [0.5, 0.6) is 0 Å². The Morgan fingerprint density at radius 1 is 1.24 bits per heavy atom. The fourth-order valence-corrected chi connectivity index (χ4v) is 4.26. The molecule has 0 radical (unpaired) electrons. The van der Waals surface area contributed by atoms with Crippen LogP contribution in [-0.4, -0.2) is 32.6 Å². The van der Waals surface area contributed by atoms with E-state index in [1.807, 2.05) is 0 Å². The molecule has 1 heterocycles. The van der Waals surface area contributed by atoms with E-state index >= 15 is 4.39 Å². The van der Waals surface area contributed by atoms with Crippen LogP contribution >= 0.6 is 27.5 Å². The predicted molar refractivity (Wildman–Crippen MR) is 131 cm³/mol. The van der Waals surface area contributed by atoms with E-state index in [-0.39, 0.29) is 29.7 Å². The average Bonchev–Trinajstić information content (AvgIpc) is 3.18. The van der Waals surface area contributed by atoms with Gasteiger partial charge in [-0.15, -0.1) is 0 Å². The van der Waals surface area contributed by atoms with Gasteiger partial charge in [-0.2, -0.15) is 0 Å². The number of fused-ring (bicyclic) bond motifs is 1. The maximum absolute atomic E-state index is 15.5. The Labute approximate surface area is 208 Å². The van der Waals surface area contributed by atoms with Crippen LogP contribution < -0.4 is 10.9 Å². The van der Waals surface area contributed by atoms with Crippen molar-refractivity contribution in [3.63, 3.8) is 0 Å². The number of aryl methyl sites for hydroxylation is 1. The van der Waals surface area contributed by atoms with Gasteiger partial charge in [0, 0.05) is 28.5 Å². The van der Waals surface area contributed by atoms with Crippen LogP contribution in [0.4, 0.5) is 4.39 Å². The van der Waals surface area contributed by atoms with Crippen LogP contribution in [0.2, 0.25) is 5.02 Å². The molecule has 34 heavy (non-hydrogen) atoms. The van der Waals surface area contributed by atoms with Crippen molar-refractivity contribution in [2.75, 3.05) is 0 Å². The highest BCUT2D eigenvalue weighted by Crippen LogP contribution is 2.29. The number of carbonyl (C=O) groups is 1. The lowest BCUT2D eigenvalue weighted by atomic mass is 9.80. The van der Waals surface area contributed by atoms with E-state index in [1.54, 1.807) is 48.0 Å². The SMILES string of the molecule is Cn1cnc2c(F)c(Cc3ccc(Br)cc3Cl)c(C(=O)NOCc3ccc(B(O)O)cc3)cc21. The van der Waals surface area contributed by atoms with Gasteiger partial charge in [0.15, 0.2) is 5.82 Å². The van der Waals surface area contributed by atoms with Crippen molar-refractivity contribution in [2.45, 2.75) is 13.0 Å². The van der Waals surface area contributed by atoms with Crippen molar-refractivity contribution in [3.05, 3.63) is 92.4 Å². The molecule has 0 saturated carbocycles. The van der Waals surface area contributed by atoms with E-state index in [0.29, 0.717) is 27.1 Å². The number of imidazole rings is 1. The van der Waals surface area contributed by atoms with E-state index in [4.69, 9.17) is 16.4 Å². The van der Waals surface area contributed by atoms with Crippen molar-refractivity contribution in [1.29, 1.82) is 0 Å². The monoisotopic (exact) mass is 545 g/mol. The smallest absolute Gasteiger partial charge is 0.423 e. The van der Waals surface area contributed by atoms with Crippen LogP contribution in [0.15, 0.2) is 59.3 Å². The number of carbonyl (C=O) groups excluding carboxylic acids is 1. The quantitative estimate of drug-likeness (QED) is 0.244. The van der Waals surface area contributed by atoms with Gasteiger partial charge in [-0.1, -0.05) is 57.9 Å². The highest BCUT2D eigenvalue weighted by atomic mass is 79.9. The first-order chi connectivity index (χ1) is 16.2. The molecule has 4 aromatic rings. The van der Waals surface area contributed by atoms with Crippen molar-refractivity contribution in [1.82, 2.24) is 15.0 Å². The molecule has 0 aliphatic carbocycles. The van der Waals surface area contributed by atoms with E-state index in [1.165, 1.54) is 18.5 Å². The molecule has 3 N–H and O–H groups in total. The molecule has 0 saturated heterocycles. The minimum absolute atomic E-state index is 0.0256. The Morgan fingerprint density at radius 2 is 1.97 bits per heavy atom. The van der Waals surface area contributed by atoms with Crippen LogP contribution in [0.1, 0.15) is 27.0 Å². The fourth-order valence-electron chi connectivity index (χ4n) is 3.52. The van der Waals surface area contributed by atoms with Gasteiger partial charge in [-0.05, 0) is 34.8 Å². The fraction of sp³-hybridized carbons (Fsp3) is 0.130. The highest BCUT2D eigenvalue weighted by Gasteiger charge is 2.22. The molecule has 1 amide bonds. The van der Waals surface area contributed by atoms with Crippen molar-refractivity contribution in [3.8, 4) is 0 Å². The van der Waals surface area contributed by atoms with Crippen LogP contribution in [0.25, 0.3) is 11.0 Å². The molecular formula is C23H19BBrClFN3O4. The molecule has 0 aliphatic rings. The summed E-state index contributed by atoms with van der Waals surface area (Å²) in [6.45, 7) is 0.0256. The molecule has 1 aromatic heterocycles. The third-order valence-corrected chi connectivity index (χ3v) is 6.22. The van der Waals surface area contributed by atoms with Gasteiger partial charge in [-0.3, -0.25) is 9.63 Å². The maximum atomic E-state index is 15.5. The molecule has 11 heteroatoms. The molecule has 0 fully saturated rings. The Morgan fingerprint density at radius 3 is 2.65 bits per heavy atom. The Kier molecular flexibility index (Phi) is 7.34. The molecular weight excluding hydrogens is 527 g/mol. The van der Waals surface area contributed by atoms with Crippen molar-refractivity contribution in [2.24, 2.45) is 7.05 Å². The third-order valence-electron chi connectivity index (χ3n) is 5.37. The van der Waals surface area contributed by atoms with Crippen molar-refractivity contribution < 1.29 is 24.1 Å². The Hall–Kier alpha value is -2.76. The predicted octanol–water partition coefficient (Wildman–Crippen LogP) is 3.26. The minimum atomic E-state index is -1.57. The lowest BCUT2D eigenvalue weighted by Gasteiger charge is -2.14. The first-order valence-corrected chi connectivity index (χ1v) is 11.3. The molecule has 0 atom stereocenters. The third kappa shape index (κ3) is 5.16. The number of halogens is 3. The van der Waals surface area contributed by atoms with Gasteiger partial charge in [0.25, 0.3) is 5.91 Å². The average molecular weight is 547 g/mol. The zero-order valence-corrected chi connectivity index (χ0v) is 20.3. The van der Waals surface area contributed by atoms with Gasteiger partial charge in [-0.25, -0.2) is 14.9 Å². The number of hydroxylamine groups is 1. The lowest BCUT2D eigenvalue weighted by molar-refractivity contribution is 0.0232. The van der Waals surface area contributed by atoms with E-state index in [2.05, 4.69) is 26.4 Å². The summed E-state index contributed by atoms with van der Waals surface area (Å²) in [6, 6.07) is 13.2. The lowest BCUT2D eigenvalue weighted by Crippen LogP contribution is -2.29. The second kappa shape index (κ2) is 10.2. The van der Waals surface area contributed by atoms with Crippen LogP contribution in [0.3, 0.4) is 0 Å². The first-order valence-electron chi connectivity index (χ1n) is 10.2. The number of aromatic nitrogens is 2. The molecule has 3 aromatic carbocycles. The zero-order valence-electron chi connectivity index (χ0n) is 17.9. The van der Waals surface area contributed by atoms with Gasteiger partial charge in [0.05, 0.1) is 24.0 Å². The number of hydrogen-bond acceptors (Lipinski definition) is 5. The molecule has 174 valence electrons. The molecule has 4 rings (SSSR count). The first kappa shape index (κ1) is 24.4. The number of amides is 1. The summed E-state index contributed by atoms with van der Waals surface area (Å²) in [4.78, 5) is 22.5. The zero-order chi connectivity index (χ0) is 24.4. The summed E-state index contributed by atoms with van der Waals surface area (Å²) in [5.41, 5.74) is 4.93. The summed E-state index contributed by atoms with van der Waals surface area (Å²) >= 11 is 9.69. The van der Waals surface area contributed by atoms with Gasteiger partial charge >= 0.3 is 7.12 Å². The summed E-state index contributed by atoms with van der Waals surface area (Å²) in [5.74, 6) is -1.21. The maximum Gasteiger partial charge on any atom is 0.488 e. The second-order valence-electron chi connectivity index (χ2n) is 7.69. The van der Waals surface area contributed by atoms with Crippen LogP contribution in [0, 0.1) is 5.82 Å². The summed E-state index contributed by atoms with van der Waals surface area (Å²) in [7, 11) is 0.148. The van der Waals surface area contributed by atoms with Gasteiger partial charge in [0.1, 0.15) is 5.52 Å². The Balaban J connectivity index is 1.60. The Bertz CT molecular complexity index is 1360. The topological polar surface area (TPSA) is 96.6 Å². The number of nitrogens with one attached hydrogen (secondary N) is 1. The number of benzene rings is 3. The minimum Gasteiger partial charge on any atom is -0.423 e. The van der Waals surface area contributed by atoms with E-state index in [0.717, 1.165) is 4.47 Å². The van der Waals surface area contributed by atoms with Gasteiger partial charge < -0.3 is 14.6 Å². The summed E-state index contributed by atoms with van der Waals surface area (Å²) < 4.78 is 17.9. The number of rotatable bonds is 7.